The van der Waals surface area contributed by atoms with E-state index in [0.29, 0.717) is 13.0 Å². The van der Waals surface area contributed by atoms with Crippen LogP contribution in [0.3, 0.4) is 0 Å². The van der Waals surface area contributed by atoms with Crippen LogP contribution in [0.5, 0.6) is 5.75 Å². The fourth-order valence-electron chi connectivity index (χ4n) is 3.61. The van der Waals surface area contributed by atoms with Gasteiger partial charge in [0.1, 0.15) is 12.7 Å². The zero-order chi connectivity index (χ0) is 21.7. The predicted molar refractivity (Wildman–Crippen MR) is 116 cm³/mol. The molecule has 1 saturated heterocycles. The molecule has 6 nitrogen and oxygen atoms in total. The minimum absolute atomic E-state index is 0.0729. The summed E-state index contributed by atoms with van der Waals surface area (Å²) in [5.74, 6) is -0.144. The van der Waals surface area contributed by atoms with Crippen molar-refractivity contribution in [2.45, 2.75) is 25.1 Å². The van der Waals surface area contributed by atoms with E-state index in [4.69, 9.17) is 4.74 Å². The Labute approximate surface area is 177 Å². The summed E-state index contributed by atoms with van der Waals surface area (Å²) in [7, 11) is 0.880. The van der Waals surface area contributed by atoms with Gasteiger partial charge in [0, 0.05) is 38.9 Å². The predicted octanol–water partition coefficient (Wildman–Crippen LogP) is 2.32. The highest BCUT2D eigenvalue weighted by atomic mass is 32.2. The van der Waals surface area contributed by atoms with Crippen molar-refractivity contribution in [2.75, 3.05) is 43.7 Å². The number of para-hydroxylation sites is 1. The number of ether oxygens (including phenoxy) is 1. The molecule has 0 radical (unpaired) electrons. The van der Waals surface area contributed by atoms with Crippen molar-refractivity contribution in [1.82, 2.24) is 4.90 Å². The molecule has 0 bridgehead atoms. The Bertz CT molecular complexity index is 934. The first-order chi connectivity index (χ1) is 14.2. The number of hydrogen-bond acceptors (Lipinski definition) is 6. The van der Waals surface area contributed by atoms with Gasteiger partial charge in [-0.3, -0.25) is 4.90 Å². The van der Waals surface area contributed by atoms with E-state index in [1.807, 2.05) is 48.2 Å². The van der Waals surface area contributed by atoms with Gasteiger partial charge in [-0.2, -0.15) is 0 Å². The number of nitrogens with zero attached hydrogens (tertiary/aromatic N) is 2. The maximum Gasteiger partial charge on any atom is 0.165 e. The molecule has 1 aliphatic heterocycles. The minimum atomic E-state index is -3.06. The van der Waals surface area contributed by atoms with Crippen molar-refractivity contribution in [2.24, 2.45) is 0 Å². The Morgan fingerprint density at radius 1 is 1.17 bits per heavy atom. The number of halogens is 1. The van der Waals surface area contributed by atoms with E-state index in [9.17, 15) is 17.9 Å². The average molecular weight is 437 g/mol. The monoisotopic (exact) mass is 436 g/mol. The van der Waals surface area contributed by atoms with E-state index in [2.05, 4.69) is 0 Å². The lowest BCUT2D eigenvalue weighted by Gasteiger charge is -2.30. The van der Waals surface area contributed by atoms with Gasteiger partial charge in [-0.05, 0) is 36.2 Å². The topological polar surface area (TPSA) is 70.1 Å². The van der Waals surface area contributed by atoms with E-state index in [0.717, 1.165) is 11.3 Å². The van der Waals surface area contributed by atoms with Crippen LogP contribution >= 0.6 is 0 Å². The molecular formula is C22H29FN2O4S. The van der Waals surface area contributed by atoms with Crippen LogP contribution in [0.15, 0.2) is 48.5 Å². The Morgan fingerprint density at radius 2 is 1.87 bits per heavy atom. The summed E-state index contributed by atoms with van der Waals surface area (Å²) in [6.07, 6.45) is -0.340. The highest BCUT2D eigenvalue weighted by Gasteiger charge is 2.33. The summed E-state index contributed by atoms with van der Waals surface area (Å²) >= 11 is 0. The fraction of sp³-hybridized carbons (Fsp3) is 0.455. The van der Waals surface area contributed by atoms with E-state index in [1.54, 1.807) is 12.1 Å². The molecule has 2 aromatic rings. The summed E-state index contributed by atoms with van der Waals surface area (Å²) in [5.41, 5.74) is 2.11. The van der Waals surface area contributed by atoms with Gasteiger partial charge in [-0.15, -0.1) is 0 Å². The number of hydrogen-bond donors (Lipinski definition) is 1. The molecule has 0 amide bonds. The van der Waals surface area contributed by atoms with Crippen LogP contribution in [0.1, 0.15) is 12.0 Å². The maximum absolute atomic E-state index is 13.7. The van der Waals surface area contributed by atoms with Gasteiger partial charge in [0.15, 0.2) is 21.4 Å². The summed E-state index contributed by atoms with van der Waals surface area (Å²) < 4.78 is 43.1. The van der Waals surface area contributed by atoms with E-state index in [-0.39, 0.29) is 36.4 Å². The molecule has 164 valence electrons. The van der Waals surface area contributed by atoms with Crippen LogP contribution in [0.4, 0.5) is 10.1 Å². The Morgan fingerprint density at radius 3 is 2.47 bits per heavy atom. The van der Waals surface area contributed by atoms with Gasteiger partial charge in [-0.1, -0.05) is 24.3 Å². The average Bonchev–Trinajstić information content (AvgIpc) is 3.07. The van der Waals surface area contributed by atoms with Gasteiger partial charge in [0.05, 0.1) is 11.5 Å². The Kier molecular flexibility index (Phi) is 7.33. The summed E-state index contributed by atoms with van der Waals surface area (Å²) in [6, 6.07) is 13.9. The number of benzene rings is 2. The second-order valence-corrected chi connectivity index (χ2v) is 10.2. The van der Waals surface area contributed by atoms with E-state index in [1.165, 1.54) is 12.1 Å². The van der Waals surface area contributed by atoms with E-state index < -0.39 is 21.8 Å². The molecule has 0 saturated carbocycles. The second-order valence-electron chi connectivity index (χ2n) is 7.94. The lowest BCUT2D eigenvalue weighted by molar-refractivity contribution is 0.0513. The number of rotatable bonds is 9. The van der Waals surface area contributed by atoms with Crippen molar-refractivity contribution in [3.8, 4) is 5.75 Å². The highest BCUT2D eigenvalue weighted by molar-refractivity contribution is 7.91. The molecule has 30 heavy (non-hydrogen) atoms. The van der Waals surface area contributed by atoms with Crippen molar-refractivity contribution in [3.63, 3.8) is 0 Å². The van der Waals surface area contributed by atoms with Crippen LogP contribution < -0.4 is 9.64 Å². The van der Waals surface area contributed by atoms with Crippen molar-refractivity contribution in [3.05, 3.63) is 59.9 Å². The largest absolute Gasteiger partial charge is 0.488 e. The third-order valence-electron chi connectivity index (χ3n) is 5.28. The molecule has 1 fully saturated rings. The van der Waals surface area contributed by atoms with Crippen molar-refractivity contribution < 1.29 is 22.7 Å². The lowest BCUT2D eigenvalue weighted by Crippen LogP contribution is -2.42. The summed E-state index contributed by atoms with van der Waals surface area (Å²) in [4.78, 5) is 4.00. The second kappa shape index (κ2) is 9.76. The molecule has 3 rings (SSSR count). The Balaban J connectivity index is 1.67. The number of sulfone groups is 1. The maximum atomic E-state index is 13.7. The van der Waals surface area contributed by atoms with Gasteiger partial charge in [-0.25, -0.2) is 12.8 Å². The van der Waals surface area contributed by atoms with Crippen LogP contribution in [0.2, 0.25) is 0 Å². The van der Waals surface area contributed by atoms with Crippen LogP contribution in [0.25, 0.3) is 0 Å². The van der Waals surface area contributed by atoms with Crippen LogP contribution in [-0.2, 0) is 16.4 Å². The molecule has 0 aliphatic carbocycles. The molecule has 2 unspecified atom stereocenters. The van der Waals surface area contributed by atoms with Gasteiger partial charge in [0.2, 0.25) is 0 Å². The van der Waals surface area contributed by atoms with Crippen LogP contribution in [0, 0.1) is 5.82 Å². The summed E-state index contributed by atoms with van der Waals surface area (Å²) in [5, 5.41) is 10.5. The number of aliphatic hydroxyl groups excluding tert-OH is 1. The molecular weight excluding hydrogens is 407 g/mol. The van der Waals surface area contributed by atoms with E-state index >= 15 is 0 Å². The van der Waals surface area contributed by atoms with Gasteiger partial charge >= 0.3 is 0 Å². The number of anilines is 1. The summed E-state index contributed by atoms with van der Waals surface area (Å²) in [6.45, 7) is 0.686. The standard InChI is InChI=1S/C22H29FN2O4S/c1-24(2)18-9-7-17(8-10-18)13-25(19-11-12-30(27,28)16-19)14-20(26)15-29-22-6-4-3-5-21(22)23/h3-10,19-20,26H,11-16H2,1-2H3. The first-order valence-electron chi connectivity index (χ1n) is 9.99. The van der Waals surface area contributed by atoms with Crippen molar-refractivity contribution >= 4 is 15.5 Å². The number of aliphatic hydroxyl groups is 1. The SMILES string of the molecule is CN(C)c1ccc(CN(CC(O)COc2ccccc2F)C2CCS(=O)(=O)C2)cc1. The van der Waals surface area contributed by atoms with Gasteiger partial charge < -0.3 is 14.7 Å². The molecule has 2 atom stereocenters. The minimum Gasteiger partial charge on any atom is -0.488 e. The quantitative estimate of drug-likeness (QED) is 0.651. The smallest absolute Gasteiger partial charge is 0.165 e. The van der Waals surface area contributed by atoms with Crippen LogP contribution in [-0.4, -0.2) is 69.3 Å². The molecule has 1 aliphatic rings. The normalized spacial score (nSPS) is 19.0. The molecule has 1 heterocycles. The molecule has 2 aromatic carbocycles. The molecule has 1 N–H and O–H groups in total. The molecule has 0 aromatic heterocycles. The Hall–Kier alpha value is -2.16. The zero-order valence-corrected chi connectivity index (χ0v) is 18.2. The van der Waals surface area contributed by atoms with Gasteiger partial charge in [0.25, 0.3) is 0 Å². The fourth-order valence-corrected chi connectivity index (χ4v) is 5.37. The third kappa shape index (κ3) is 6.17. The zero-order valence-electron chi connectivity index (χ0n) is 17.4. The highest BCUT2D eigenvalue weighted by Crippen LogP contribution is 2.22. The molecule has 8 heteroatoms. The first-order valence-corrected chi connectivity index (χ1v) is 11.8. The third-order valence-corrected chi connectivity index (χ3v) is 7.03. The lowest BCUT2D eigenvalue weighted by atomic mass is 10.1. The first kappa shape index (κ1) is 22.5. The molecule has 0 spiro atoms. The van der Waals surface area contributed by atoms with Crippen molar-refractivity contribution in [1.29, 1.82) is 0 Å².